The first-order valence-electron chi connectivity index (χ1n) is 5.86. The molecule has 0 bridgehead atoms. The van der Waals surface area contributed by atoms with Gasteiger partial charge in [-0.2, -0.15) is 0 Å². The number of thiazole rings is 1. The van der Waals surface area contributed by atoms with Crippen molar-refractivity contribution in [3.8, 4) is 0 Å². The monoisotopic (exact) mass is 242 g/mol. The fourth-order valence-electron chi connectivity index (χ4n) is 1.25. The van der Waals surface area contributed by atoms with E-state index in [9.17, 15) is 0 Å². The molecule has 0 radical (unpaired) electrons. The van der Waals surface area contributed by atoms with E-state index in [1.165, 1.54) is 9.88 Å². The molecule has 1 N–H and O–H groups in total. The minimum atomic E-state index is 0.317. The molecule has 0 aliphatic rings. The summed E-state index contributed by atoms with van der Waals surface area (Å²) in [6.07, 6.45) is 2.29. The van der Waals surface area contributed by atoms with E-state index < -0.39 is 0 Å². The van der Waals surface area contributed by atoms with Crippen molar-refractivity contribution >= 4 is 11.3 Å². The van der Waals surface area contributed by atoms with Crippen molar-refractivity contribution in [1.82, 2.24) is 10.3 Å². The van der Waals surface area contributed by atoms with E-state index in [4.69, 9.17) is 4.74 Å². The number of ether oxygens (including phenoxy) is 1. The second-order valence-electron chi connectivity index (χ2n) is 4.42. The summed E-state index contributed by atoms with van der Waals surface area (Å²) in [5.41, 5.74) is 0. The van der Waals surface area contributed by atoms with E-state index in [0.29, 0.717) is 12.0 Å². The standard InChI is InChI=1S/C12H22N2OS/c1-9(2)12-14-8-11(16-12)7-13-5-6-15-10(3)4/h8-10,13H,5-7H2,1-4H3. The van der Waals surface area contributed by atoms with Gasteiger partial charge in [0.2, 0.25) is 0 Å². The van der Waals surface area contributed by atoms with Gasteiger partial charge in [-0.1, -0.05) is 13.8 Å². The van der Waals surface area contributed by atoms with E-state index in [1.807, 2.05) is 6.20 Å². The van der Waals surface area contributed by atoms with Crippen molar-refractivity contribution in [2.24, 2.45) is 0 Å². The van der Waals surface area contributed by atoms with Crippen LogP contribution < -0.4 is 5.32 Å². The highest BCUT2D eigenvalue weighted by Gasteiger charge is 2.05. The molecule has 0 saturated heterocycles. The summed E-state index contributed by atoms with van der Waals surface area (Å²) in [6.45, 7) is 11.0. The molecule has 0 atom stereocenters. The van der Waals surface area contributed by atoms with Crippen LogP contribution in [0.5, 0.6) is 0 Å². The molecule has 1 aromatic heterocycles. The van der Waals surface area contributed by atoms with Crippen LogP contribution in [-0.2, 0) is 11.3 Å². The second kappa shape index (κ2) is 6.99. The van der Waals surface area contributed by atoms with Gasteiger partial charge >= 0.3 is 0 Å². The molecule has 92 valence electrons. The minimum absolute atomic E-state index is 0.317. The Morgan fingerprint density at radius 2 is 2.12 bits per heavy atom. The summed E-state index contributed by atoms with van der Waals surface area (Å²) in [6, 6.07) is 0. The predicted molar refractivity (Wildman–Crippen MR) is 69.0 cm³/mol. The molecule has 0 spiro atoms. The highest BCUT2D eigenvalue weighted by molar-refractivity contribution is 7.11. The van der Waals surface area contributed by atoms with Crippen molar-refractivity contribution in [2.45, 2.75) is 46.3 Å². The van der Waals surface area contributed by atoms with Gasteiger partial charge in [0.05, 0.1) is 17.7 Å². The Bertz CT molecular complexity index is 297. The maximum Gasteiger partial charge on any atom is 0.0953 e. The smallest absolute Gasteiger partial charge is 0.0953 e. The summed E-state index contributed by atoms with van der Waals surface area (Å²) < 4.78 is 5.45. The molecule has 3 nitrogen and oxygen atoms in total. The van der Waals surface area contributed by atoms with Crippen molar-refractivity contribution in [3.63, 3.8) is 0 Å². The van der Waals surface area contributed by atoms with Crippen molar-refractivity contribution in [3.05, 3.63) is 16.1 Å². The maximum absolute atomic E-state index is 5.45. The van der Waals surface area contributed by atoms with Crippen LogP contribution in [-0.4, -0.2) is 24.2 Å². The Hall–Kier alpha value is -0.450. The van der Waals surface area contributed by atoms with E-state index in [2.05, 4.69) is 38.0 Å². The Kier molecular flexibility index (Phi) is 5.95. The normalized spacial score (nSPS) is 11.6. The van der Waals surface area contributed by atoms with E-state index in [1.54, 1.807) is 11.3 Å². The van der Waals surface area contributed by atoms with Crippen LogP contribution >= 0.6 is 11.3 Å². The molecule has 0 unspecified atom stereocenters. The summed E-state index contributed by atoms with van der Waals surface area (Å²) >= 11 is 1.79. The number of aromatic nitrogens is 1. The third kappa shape index (κ3) is 5.05. The molecule has 1 aromatic rings. The van der Waals surface area contributed by atoms with Gasteiger partial charge in [0.25, 0.3) is 0 Å². The third-order valence-electron chi connectivity index (χ3n) is 2.09. The highest BCUT2D eigenvalue weighted by Crippen LogP contribution is 2.20. The zero-order chi connectivity index (χ0) is 12.0. The molecule has 0 amide bonds. The first-order valence-corrected chi connectivity index (χ1v) is 6.68. The first-order chi connectivity index (χ1) is 7.59. The Morgan fingerprint density at radius 3 is 2.69 bits per heavy atom. The quantitative estimate of drug-likeness (QED) is 0.747. The molecule has 0 aliphatic carbocycles. The average molecular weight is 242 g/mol. The molecule has 0 aromatic carbocycles. The first kappa shape index (κ1) is 13.6. The SMILES string of the molecule is CC(C)OCCNCc1cnc(C(C)C)s1. The van der Waals surface area contributed by atoms with Crippen LogP contribution in [0.2, 0.25) is 0 Å². The van der Waals surface area contributed by atoms with Crippen molar-refractivity contribution in [2.75, 3.05) is 13.2 Å². The molecular weight excluding hydrogens is 220 g/mol. The average Bonchev–Trinajstić information content (AvgIpc) is 2.65. The van der Waals surface area contributed by atoms with Crippen LogP contribution in [0.1, 0.15) is 43.5 Å². The van der Waals surface area contributed by atoms with Gasteiger partial charge in [0, 0.05) is 30.1 Å². The number of hydrogen-bond donors (Lipinski definition) is 1. The Labute approximate surface area is 102 Å². The van der Waals surface area contributed by atoms with Gasteiger partial charge < -0.3 is 10.1 Å². The fraction of sp³-hybridized carbons (Fsp3) is 0.750. The van der Waals surface area contributed by atoms with Crippen LogP contribution in [0.15, 0.2) is 6.20 Å². The van der Waals surface area contributed by atoms with Crippen LogP contribution in [0.25, 0.3) is 0 Å². The fourth-order valence-corrected chi connectivity index (χ4v) is 2.14. The molecule has 1 heterocycles. The van der Waals surface area contributed by atoms with Gasteiger partial charge in [-0.15, -0.1) is 11.3 Å². The number of rotatable bonds is 7. The largest absolute Gasteiger partial charge is 0.377 e. The minimum Gasteiger partial charge on any atom is -0.377 e. The summed E-state index contributed by atoms with van der Waals surface area (Å²) in [5.74, 6) is 0.531. The molecule has 16 heavy (non-hydrogen) atoms. The van der Waals surface area contributed by atoms with Gasteiger partial charge in [-0.3, -0.25) is 0 Å². The van der Waals surface area contributed by atoms with Crippen LogP contribution in [0, 0.1) is 0 Å². The zero-order valence-electron chi connectivity index (χ0n) is 10.6. The summed E-state index contributed by atoms with van der Waals surface area (Å²) in [7, 11) is 0. The summed E-state index contributed by atoms with van der Waals surface area (Å²) in [4.78, 5) is 5.69. The topological polar surface area (TPSA) is 34.1 Å². The molecule has 0 aliphatic heterocycles. The number of hydrogen-bond acceptors (Lipinski definition) is 4. The lowest BCUT2D eigenvalue weighted by Gasteiger charge is -2.07. The number of nitrogens with zero attached hydrogens (tertiary/aromatic N) is 1. The van der Waals surface area contributed by atoms with E-state index in [0.717, 1.165) is 19.7 Å². The lowest BCUT2D eigenvalue weighted by Crippen LogP contribution is -2.20. The third-order valence-corrected chi connectivity index (χ3v) is 3.39. The zero-order valence-corrected chi connectivity index (χ0v) is 11.4. The van der Waals surface area contributed by atoms with E-state index >= 15 is 0 Å². The van der Waals surface area contributed by atoms with Gasteiger partial charge in [-0.25, -0.2) is 4.98 Å². The van der Waals surface area contributed by atoms with Crippen LogP contribution in [0.4, 0.5) is 0 Å². The molecular formula is C12H22N2OS. The second-order valence-corrected chi connectivity index (χ2v) is 5.56. The molecule has 0 fully saturated rings. The van der Waals surface area contributed by atoms with E-state index in [-0.39, 0.29) is 0 Å². The highest BCUT2D eigenvalue weighted by atomic mass is 32.1. The van der Waals surface area contributed by atoms with Crippen molar-refractivity contribution < 1.29 is 4.74 Å². The van der Waals surface area contributed by atoms with Gasteiger partial charge in [0.15, 0.2) is 0 Å². The lowest BCUT2D eigenvalue weighted by atomic mass is 10.2. The maximum atomic E-state index is 5.45. The summed E-state index contributed by atoms with van der Waals surface area (Å²) in [5, 5.41) is 4.57. The van der Waals surface area contributed by atoms with Gasteiger partial charge in [0.1, 0.15) is 0 Å². The molecule has 0 saturated carbocycles. The van der Waals surface area contributed by atoms with Gasteiger partial charge in [-0.05, 0) is 13.8 Å². The molecule has 1 rings (SSSR count). The Balaban J connectivity index is 2.17. The number of nitrogens with one attached hydrogen (secondary N) is 1. The predicted octanol–water partition coefficient (Wildman–Crippen LogP) is 2.78. The van der Waals surface area contributed by atoms with Crippen molar-refractivity contribution in [1.29, 1.82) is 0 Å². The lowest BCUT2D eigenvalue weighted by molar-refractivity contribution is 0.0807. The molecule has 4 heteroatoms. The van der Waals surface area contributed by atoms with Crippen LogP contribution in [0.3, 0.4) is 0 Å². The Morgan fingerprint density at radius 1 is 1.38 bits per heavy atom.